The molecule has 2 bridgehead atoms. The zero-order chi connectivity index (χ0) is 11.9. The lowest BCUT2D eigenvalue weighted by atomic mass is 9.81. The van der Waals surface area contributed by atoms with E-state index in [4.69, 9.17) is 0 Å². The van der Waals surface area contributed by atoms with Crippen molar-refractivity contribution in [3.8, 4) is 0 Å². The smallest absolute Gasteiger partial charge is 0.125 e. The van der Waals surface area contributed by atoms with Crippen LogP contribution in [-0.4, -0.2) is 25.6 Å². The van der Waals surface area contributed by atoms with Gasteiger partial charge < -0.3 is 5.11 Å². The molecule has 2 unspecified atom stereocenters. The molecule has 2 fully saturated rings. The Morgan fingerprint density at radius 1 is 1.24 bits per heavy atom. The van der Waals surface area contributed by atoms with E-state index in [1.807, 2.05) is 6.92 Å². The standard InChI is InChI=1S/C13H18N2OS/c1-9-14-7-10(8-15-9)13(16)5-11-3-2-4-12(6-13)17-11/h7-8,11-12,16H,2-6H2,1H3. The zero-order valence-corrected chi connectivity index (χ0v) is 10.9. The van der Waals surface area contributed by atoms with Gasteiger partial charge in [-0.15, -0.1) is 0 Å². The third-order valence-electron chi connectivity index (χ3n) is 3.89. The Balaban J connectivity index is 1.87. The number of rotatable bonds is 1. The van der Waals surface area contributed by atoms with E-state index >= 15 is 0 Å². The molecular weight excluding hydrogens is 232 g/mol. The number of fused-ring (bicyclic) bond motifs is 2. The van der Waals surface area contributed by atoms with Crippen LogP contribution >= 0.6 is 11.8 Å². The molecule has 17 heavy (non-hydrogen) atoms. The van der Waals surface area contributed by atoms with E-state index in [0.717, 1.165) is 24.2 Å². The Morgan fingerprint density at radius 3 is 2.41 bits per heavy atom. The Bertz CT molecular complexity index is 394. The molecule has 4 heteroatoms. The summed E-state index contributed by atoms with van der Waals surface area (Å²) in [6.07, 6.45) is 9.14. The second kappa shape index (κ2) is 4.25. The van der Waals surface area contributed by atoms with Crippen molar-refractivity contribution in [3.05, 3.63) is 23.8 Å². The minimum atomic E-state index is -0.686. The lowest BCUT2D eigenvalue weighted by Crippen LogP contribution is -2.40. The van der Waals surface area contributed by atoms with Gasteiger partial charge in [0, 0.05) is 28.5 Å². The van der Waals surface area contributed by atoms with Gasteiger partial charge in [0.25, 0.3) is 0 Å². The zero-order valence-electron chi connectivity index (χ0n) is 10.1. The van der Waals surface area contributed by atoms with Crippen molar-refractivity contribution >= 4 is 11.8 Å². The van der Waals surface area contributed by atoms with Crippen molar-refractivity contribution < 1.29 is 5.11 Å². The summed E-state index contributed by atoms with van der Waals surface area (Å²) in [6, 6.07) is 0. The van der Waals surface area contributed by atoms with Gasteiger partial charge in [0.05, 0.1) is 5.60 Å². The first-order valence-electron chi connectivity index (χ1n) is 6.33. The molecule has 0 amide bonds. The maximum atomic E-state index is 10.8. The summed E-state index contributed by atoms with van der Waals surface area (Å²) in [4.78, 5) is 8.43. The molecule has 0 aromatic carbocycles. The average Bonchev–Trinajstić information content (AvgIpc) is 2.29. The number of aryl methyl sites for hydroxylation is 1. The van der Waals surface area contributed by atoms with Crippen LogP contribution in [0.25, 0.3) is 0 Å². The summed E-state index contributed by atoms with van der Waals surface area (Å²) in [6.45, 7) is 1.87. The molecule has 2 saturated heterocycles. The first-order chi connectivity index (χ1) is 8.16. The predicted octanol–water partition coefficient (Wildman–Crippen LogP) is 2.42. The van der Waals surface area contributed by atoms with E-state index in [9.17, 15) is 5.11 Å². The lowest BCUT2D eigenvalue weighted by Gasteiger charge is -2.43. The summed E-state index contributed by atoms with van der Waals surface area (Å²) < 4.78 is 0. The highest BCUT2D eigenvalue weighted by Gasteiger charge is 2.42. The first kappa shape index (κ1) is 11.5. The molecule has 3 rings (SSSR count). The van der Waals surface area contributed by atoms with Crippen molar-refractivity contribution in [1.82, 2.24) is 9.97 Å². The molecule has 92 valence electrons. The fourth-order valence-electron chi connectivity index (χ4n) is 2.99. The second-order valence-corrected chi connectivity index (χ2v) is 6.88. The van der Waals surface area contributed by atoms with Gasteiger partial charge in [0.1, 0.15) is 5.82 Å². The molecule has 3 heterocycles. The molecule has 2 atom stereocenters. The molecular formula is C13H18N2OS. The second-order valence-electron chi connectivity index (χ2n) is 5.27. The van der Waals surface area contributed by atoms with Crippen molar-refractivity contribution in [3.63, 3.8) is 0 Å². The molecule has 1 aromatic rings. The minimum absolute atomic E-state index is 0.619. The number of hydrogen-bond donors (Lipinski definition) is 1. The molecule has 0 aliphatic carbocycles. The van der Waals surface area contributed by atoms with Crippen LogP contribution in [0, 0.1) is 6.92 Å². The van der Waals surface area contributed by atoms with E-state index in [1.54, 1.807) is 12.4 Å². The summed E-state index contributed by atoms with van der Waals surface area (Å²) >= 11 is 2.07. The molecule has 0 spiro atoms. The highest BCUT2D eigenvalue weighted by molar-refractivity contribution is 8.00. The largest absolute Gasteiger partial charge is 0.385 e. The van der Waals surface area contributed by atoms with Crippen LogP contribution in [0.15, 0.2) is 12.4 Å². The fraction of sp³-hybridized carbons (Fsp3) is 0.692. The van der Waals surface area contributed by atoms with Gasteiger partial charge in [-0.05, 0) is 32.6 Å². The van der Waals surface area contributed by atoms with Gasteiger partial charge in [-0.25, -0.2) is 9.97 Å². The number of hydrogen-bond acceptors (Lipinski definition) is 4. The molecule has 0 saturated carbocycles. The fourth-order valence-corrected chi connectivity index (χ4v) is 4.88. The maximum absolute atomic E-state index is 10.8. The van der Waals surface area contributed by atoms with Crippen LogP contribution in [0.1, 0.15) is 43.5 Å². The van der Waals surface area contributed by atoms with Gasteiger partial charge >= 0.3 is 0 Å². The Hall–Kier alpha value is -0.610. The molecule has 2 aliphatic heterocycles. The van der Waals surface area contributed by atoms with Gasteiger partial charge in [-0.1, -0.05) is 6.42 Å². The molecule has 1 N–H and O–H groups in total. The first-order valence-corrected chi connectivity index (χ1v) is 7.27. The Morgan fingerprint density at radius 2 is 1.82 bits per heavy atom. The Labute approximate surface area is 106 Å². The van der Waals surface area contributed by atoms with Gasteiger partial charge in [0.15, 0.2) is 0 Å². The number of aromatic nitrogens is 2. The van der Waals surface area contributed by atoms with Crippen molar-refractivity contribution in [1.29, 1.82) is 0 Å². The summed E-state index contributed by atoms with van der Waals surface area (Å²) in [5.74, 6) is 0.766. The van der Waals surface area contributed by atoms with E-state index in [2.05, 4.69) is 21.7 Å². The summed E-state index contributed by atoms with van der Waals surface area (Å²) in [5, 5.41) is 12.1. The van der Waals surface area contributed by atoms with Gasteiger partial charge in [-0.3, -0.25) is 0 Å². The highest BCUT2D eigenvalue weighted by atomic mass is 32.2. The average molecular weight is 250 g/mol. The summed E-state index contributed by atoms with van der Waals surface area (Å²) in [7, 11) is 0. The number of thioether (sulfide) groups is 1. The third kappa shape index (κ3) is 2.20. The van der Waals surface area contributed by atoms with Gasteiger partial charge in [0.2, 0.25) is 0 Å². The van der Waals surface area contributed by atoms with Crippen molar-refractivity contribution in [2.24, 2.45) is 0 Å². The van der Waals surface area contributed by atoms with Crippen LogP contribution in [0.4, 0.5) is 0 Å². The van der Waals surface area contributed by atoms with Crippen molar-refractivity contribution in [2.45, 2.75) is 55.1 Å². The number of nitrogens with zero attached hydrogens (tertiary/aromatic N) is 2. The Kier molecular flexibility index (Phi) is 2.87. The summed E-state index contributed by atoms with van der Waals surface area (Å²) in [5.41, 5.74) is 0.217. The van der Waals surface area contributed by atoms with Crippen LogP contribution in [-0.2, 0) is 5.60 Å². The highest BCUT2D eigenvalue weighted by Crippen LogP contribution is 2.49. The van der Waals surface area contributed by atoms with E-state index in [-0.39, 0.29) is 0 Å². The third-order valence-corrected chi connectivity index (χ3v) is 5.46. The number of aliphatic hydroxyl groups is 1. The van der Waals surface area contributed by atoms with Crippen LogP contribution < -0.4 is 0 Å². The van der Waals surface area contributed by atoms with E-state index in [1.165, 1.54) is 19.3 Å². The van der Waals surface area contributed by atoms with E-state index in [0.29, 0.717) is 10.5 Å². The molecule has 0 radical (unpaired) electrons. The monoisotopic (exact) mass is 250 g/mol. The lowest BCUT2D eigenvalue weighted by molar-refractivity contribution is 0.00746. The normalized spacial score (nSPS) is 36.8. The van der Waals surface area contributed by atoms with Crippen molar-refractivity contribution in [2.75, 3.05) is 0 Å². The quantitative estimate of drug-likeness (QED) is 0.831. The maximum Gasteiger partial charge on any atom is 0.125 e. The molecule has 1 aromatic heterocycles. The molecule has 3 nitrogen and oxygen atoms in total. The van der Waals surface area contributed by atoms with Crippen LogP contribution in [0.5, 0.6) is 0 Å². The van der Waals surface area contributed by atoms with Crippen LogP contribution in [0.2, 0.25) is 0 Å². The SMILES string of the molecule is Cc1ncc(C2(O)CC3CCCC(C2)S3)cn1. The van der Waals surface area contributed by atoms with E-state index < -0.39 is 5.60 Å². The van der Waals surface area contributed by atoms with Gasteiger partial charge in [-0.2, -0.15) is 11.8 Å². The topological polar surface area (TPSA) is 46.0 Å². The van der Waals surface area contributed by atoms with Crippen LogP contribution in [0.3, 0.4) is 0 Å². The molecule has 2 aliphatic rings. The minimum Gasteiger partial charge on any atom is -0.385 e. The predicted molar refractivity (Wildman–Crippen MR) is 68.9 cm³/mol.